The van der Waals surface area contributed by atoms with Crippen molar-refractivity contribution in [3.05, 3.63) is 53.6 Å². The van der Waals surface area contributed by atoms with Crippen molar-refractivity contribution in [3.8, 4) is 11.5 Å². The normalized spacial score (nSPS) is 12.5. The fraction of sp³-hybridized carbons (Fsp3) is 0.381. The highest BCUT2D eigenvalue weighted by Gasteiger charge is 2.11. The van der Waals surface area contributed by atoms with Gasteiger partial charge in [0.05, 0.1) is 18.6 Å². The Morgan fingerprint density at radius 2 is 1.73 bits per heavy atom. The Hall–Kier alpha value is -2.01. The number of sulfone groups is 1. The predicted octanol–water partition coefficient (Wildman–Crippen LogP) is 3.16. The van der Waals surface area contributed by atoms with Gasteiger partial charge in [-0.25, -0.2) is 8.42 Å². The minimum atomic E-state index is -3.21. The van der Waals surface area contributed by atoms with Crippen molar-refractivity contribution in [2.75, 3.05) is 27.0 Å². The van der Waals surface area contributed by atoms with Crippen LogP contribution in [0.4, 0.5) is 0 Å². The first-order valence-electron chi connectivity index (χ1n) is 9.27. The molecule has 0 aliphatic carbocycles. The number of benzene rings is 2. The Labute approximate surface area is 196 Å². The molecule has 0 aromatic heterocycles. The number of ether oxygens (including phenoxy) is 2. The lowest BCUT2D eigenvalue weighted by Crippen LogP contribution is -2.41. The molecule has 2 rings (SSSR count). The van der Waals surface area contributed by atoms with Crippen molar-refractivity contribution >= 4 is 39.8 Å². The zero-order valence-corrected chi connectivity index (χ0v) is 21.1. The van der Waals surface area contributed by atoms with Gasteiger partial charge in [-0.1, -0.05) is 12.1 Å². The number of nitrogens with zero attached hydrogens (tertiary/aromatic N) is 1. The second kappa shape index (κ2) is 12.0. The summed E-state index contributed by atoms with van der Waals surface area (Å²) < 4.78 is 34.5. The van der Waals surface area contributed by atoms with Gasteiger partial charge in [-0.15, -0.1) is 24.0 Å². The van der Waals surface area contributed by atoms with Gasteiger partial charge in [0.1, 0.15) is 17.6 Å². The molecule has 0 fully saturated rings. The average Bonchev–Trinajstić information content (AvgIpc) is 2.67. The number of methoxy groups -OCH3 is 1. The SMILES string of the molecule is CN=C(NCc1ccc(S(C)(=O)=O)c(C)c1)NCC(C)Oc1ccc(OC)cc1.I. The lowest BCUT2D eigenvalue weighted by molar-refractivity contribution is 0.223. The second-order valence-electron chi connectivity index (χ2n) is 6.78. The van der Waals surface area contributed by atoms with Crippen molar-refractivity contribution in [1.82, 2.24) is 10.6 Å². The van der Waals surface area contributed by atoms with Crippen LogP contribution in [0, 0.1) is 6.92 Å². The topological polar surface area (TPSA) is 89.0 Å². The molecule has 166 valence electrons. The Kier molecular flexibility index (Phi) is 10.4. The van der Waals surface area contributed by atoms with E-state index >= 15 is 0 Å². The molecule has 30 heavy (non-hydrogen) atoms. The molecule has 0 bridgehead atoms. The zero-order chi connectivity index (χ0) is 21.4. The van der Waals surface area contributed by atoms with Crippen LogP contribution >= 0.6 is 24.0 Å². The molecule has 2 aromatic carbocycles. The molecule has 0 radical (unpaired) electrons. The lowest BCUT2D eigenvalue weighted by atomic mass is 10.1. The van der Waals surface area contributed by atoms with Crippen molar-refractivity contribution < 1.29 is 17.9 Å². The Balaban J connectivity index is 0.00000450. The van der Waals surface area contributed by atoms with Gasteiger partial charge in [0, 0.05) is 19.8 Å². The molecule has 0 heterocycles. The van der Waals surface area contributed by atoms with Crippen molar-refractivity contribution in [1.29, 1.82) is 0 Å². The van der Waals surface area contributed by atoms with E-state index in [9.17, 15) is 8.42 Å². The van der Waals surface area contributed by atoms with E-state index in [2.05, 4.69) is 15.6 Å². The van der Waals surface area contributed by atoms with E-state index in [1.165, 1.54) is 6.26 Å². The molecule has 7 nitrogen and oxygen atoms in total. The van der Waals surface area contributed by atoms with Gasteiger partial charge in [0.2, 0.25) is 0 Å². The standard InChI is InChI=1S/C21H29N3O4S.HI/c1-15-12-17(6-11-20(15)29(5,25)26)14-24-21(22-3)23-13-16(2)28-19-9-7-18(27-4)8-10-19;/h6-12,16H,13-14H2,1-5H3,(H2,22,23,24);1H. The number of aryl methyl sites for hydroxylation is 1. The van der Waals surface area contributed by atoms with Gasteiger partial charge in [0.25, 0.3) is 0 Å². The first kappa shape index (κ1) is 26.0. The molecule has 0 aliphatic heterocycles. The summed E-state index contributed by atoms with van der Waals surface area (Å²) in [6.07, 6.45) is 1.15. The average molecular weight is 547 g/mol. The second-order valence-corrected chi connectivity index (χ2v) is 8.77. The van der Waals surface area contributed by atoms with E-state index in [1.807, 2.05) is 37.3 Å². The van der Waals surface area contributed by atoms with Gasteiger partial charge in [-0.2, -0.15) is 0 Å². The van der Waals surface area contributed by atoms with Crippen molar-refractivity contribution in [2.45, 2.75) is 31.4 Å². The number of guanidine groups is 1. The first-order chi connectivity index (χ1) is 13.7. The summed E-state index contributed by atoms with van der Waals surface area (Å²) in [6.45, 7) is 4.86. The number of aliphatic imine (C=N–C) groups is 1. The summed E-state index contributed by atoms with van der Waals surface area (Å²) in [5.41, 5.74) is 1.71. The van der Waals surface area contributed by atoms with Crippen LogP contribution in [0.25, 0.3) is 0 Å². The number of hydrogen-bond acceptors (Lipinski definition) is 5. The third-order valence-electron chi connectivity index (χ3n) is 4.28. The fourth-order valence-electron chi connectivity index (χ4n) is 2.81. The Bertz CT molecular complexity index is 947. The molecule has 0 aliphatic rings. The van der Waals surface area contributed by atoms with E-state index in [0.717, 1.165) is 22.6 Å². The van der Waals surface area contributed by atoms with Crippen LogP contribution in [0.15, 0.2) is 52.4 Å². The van der Waals surface area contributed by atoms with Crippen LogP contribution in [0.2, 0.25) is 0 Å². The molecule has 9 heteroatoms. The molecular weight excluding hydrogens is 517 g/mol. The van der Waals surface area contributed by atoms with Gasteiger partial charge in [-0.05, 0) is 55.3 Å². The molecule has 2 N–H and O–H groups in total. The van der Waals surface area contributed by atoms with Crippen molar-refractivity contribution in [3.63, 3.8) is 0 Å². The maximum Gasteiger partial charge on any atom is 0.191 e. The molecular formula is C21H30IN3O4S. The number of hydrogen-bond donors (Lipinski definition) is 2. The Morgan fingerprint density at radius 3 is 2.27 bits per heavy atom. The number of nitrogens with one attached hydrogen (secondary N) is 2. The van der Waals surface area contributed by atoms with E-state index < -0.39 is 9.84 Å². The molecule has 0 saturated carbocycles. The van der Waals surface area contributed by atoms with Crippen LogP contribution in [0.5, 0.6) is 11.5 Å². The van der Waals surface area contributed by atoms with Crippen molar-refractivity contribution in [2.24, 2.45) is 4.99 Å². The monoisotopic (exact) mass is 547 g/mol. The zero-order valence-electron chi connectivity index (χ0n) is 17.9. The summed E-state index contributed by atoms with van der Waals surface area (Å²) in [4.78, 5) is 4.57. The van der Waals surface area contributed by atoms with Gasteiger partial charge in [0.15, 0.2) is 15.8 Å². The maximum absolute atomic E-state index is 11.7. The van der Waals surface area contributed by atoms with Crippen LogP contribution in [0.1, 0.15) is 18.1 Å². The quantitative estimate of drug-likeness (QED) is 0.300. The molecule has 0 spiro atoms. The minimum absolute atomic E-state index is 0. The summed E-state index contributed by atoms with van der Waals surface area (Å²) in [5.74, 6) is 2.19. The van der Waals surface area contributed by atoms with E-state index in [0.29, 0.717) is 23.9 Å². The van der Waals surface area contributed by atoms with E-state index in [4.69, 9.17) is 9.47 Å². The first-order valence-corrected chi connectivity index (χ1v) is 11.2. The minimum Gasteiger partial charge on any atom is -0.497 e. The Morgan fingerprint density at radius 1 is 1.10 bits per heavy atom. The fourth-order valence-corrected chi connectivity index (χ4v) is 3.77. The molecule has 0 saturated heterocycles. The lowest BCUT2D eigenvalue weighted by Gasteiger charge is -2.18. The van der Waals surface area contributed by atoms with Crippen LogP contribution in [-0.4, -0.2) is 47.4 Å². The summed E-state index contributed by atoms with van der Waals surface area (Å²) >= 11 is 0. The van der Waals surface area contributed by atoms with Gasteiger partial charge in [-0.3, -0.25) is 4.99 Å². The van der Waals surface area contributed by atoms with Crippen LogP contribution in [-0.2, 0) is 16.4 Å². The molecule has 1 atom stereocenters. The third kappa shape index (κ3) is 8.02. The predicted molar refractivity (Wildman–Crippen MR) is 131 cm³/mol. The largest absolute Gasteiger partial charge is 0.497 e. The maximum atomic E-state index is 11.7. The summed E-state index contributed by atoms with van der Waals surface area (Å²) in [5, 5.41) is 6.45. The van der Waals surface area contributed by atoms with Crippen LogP contribution < -0.4 is 20.1 Å². The summed E-state index contributed by atoms with van der Waals surface area (Å²) in [7, 11) is 0.113. The highest BCUT2D eigenvalue weighted by atomic mass is 127. The highest BCUT2D eigenvalue weighted by molar-refractivity contribution is 14.0. The smallest absolute Gasteiger partial charge is 0.191 e. The molecule has 1 unspecified atom stereocenters. The summed E-state index contributed by atoms with van der Waals surface area (Å²) in [6, 6.07) is 12.8. The molecule has 2 aromatic rings. The van der Waals surface area contributed by atoms with Gasteiger partial charge >= 0.3 is 0 Å². The number of halogens is 1. The van der Waals surface area contributed by atoms with E-state index in [-0.39, 0.29) is 30.1 Å². The molecule has 0 amide bonds. The third-order valence-corrected chi connectivity index (χ3v) is 5.53. The van der Waals surface area contributed by atoms with Gasteiger partial charge < -0.3 is 20.1 Å². The highest BCUT2D eigenvalue weighted by Crippen LogP contribution is 2.18. The number of rotatable bonds is 8. The van der Waals surface area contributed by atoms with Crippen LogP contribution in [0.3, 0.4) is 0 Å². The van der Waals surface area contributed by atoms with E-state index in [1.54, 1.807) is 33.2 Å².